The molecule has 164 valence electrons. The van der Waals surface area contributed by atoms with Gasteiger partial charge in [0.25, 0.3) is 5.22 Å². The molecule has 1 saturated heterocycles. The van der Waals surface area contributed by atoms with Crippen LogP contribution in [-0.2, 0) is 14.8 Å². The Balaban J connectivity index is 1.31. The second-order valence-electron chi connectivity index (χ2n) is 6.97. The number of aryl methyl sites for hydroxylation is 2. The van der Waals surface area contributed by atoms with E-state index < -0.39 is 10.0 Å². The van der Waals surface area contributed by atoms with Gasteiger partial charge in [0.1, 0.15) is 10.6 Å². The number of carbonyl (C=O) groups is 1. The highest BCUT2D eigenvalue weighted by molar-refractivity contribution is 7.99. The second kappa shape index (κ2) is 8.81. The fourth-order valence-corrected chi connectivity index (χ4v) is 5.71. The highest BCUT2D eigenvalue weighted by Crippen LogP contribution is 2.25. The Bertz CT molecular complexity index is 1150. The summed E-state index contributed by atoms with van der Waals surface area (Å²) in [5.41, 5.74) is 1.14. The zero-order valence-electron chi connectivity index (χ0n) is 17.0. The van der Waals surface area contributed by atoms with Crippen LogP contribution in [0, 0.1) is 13.8 Å². The van der Waals surface area contributed by atoms with E-state index in [4.69, 9.17) is 8.94 Å². The van der Waals surface area contributed by atoms with Gasteiger partial charge in [0.2, 0.25) is 21.8 Å². The van der Waals surface area contributed by atoms with E-state index in [1.54, 1.807) is 18.7 Å². The van der Waals surface area contributed by atoms with E-state index in [-0.39, 0.29) is 35.4 Å². The Morgan fingerprint density at radius 2 is 1.81 bits per heavy atom. The Labute approximate surface area is 183 Å². The van der Waals surface area contributed by atoms with Crippen LogP contribution in [0.2, 0.25) is 0 Å². The molecular weight excluding hydrogens is 442 g/mol. The number of hydrogen-bond donors (Lipinski definition) is 0. The Kier molecular flexibility index (Phi) is 6.12. The molecule has 31 heavy (non-hydrogen) atoms. The molecule has 1 aliphatic rings. The van der Waals surface area contributed by atoms with E-state index in [0.29, 0.717) is 29.9 Å². The van der Waals surface area contributed by atoms with E-state index in [1.807, 2.05) is 30.3 Å². The van der Waals surface area contributed by atoms with E-state index in [0.717, 1.165) is 17.3 Å². The first-order valence-electron chi connectivity index (χ1n) is 9.59. The summed E-state index contributed by atoms with van der Waals surface area (Å²) >= 11 is 1.16. The number of piperazine rings is 1. The maximum atomic E-state index is 12.9. The smallest absolute Gasteiger partial charge is 0.277 e. The summed E-state index contributed by atoms with van der Waals surface area (Å²) in [7, 11) is -3.71. The van der Waals surface area contributed by atoms with Crippen LogP contribution < -0.4 is 0 Å². The summed E-state index contributed by atoms with van der Waals surface area (Å²) in [6, 6.07) is 9.38. The Morgan fingerprint density at radius 3 is 2.45 bits per heavy atom. The predicted molar refractivity (Wildman–Crippen MR) is 112 cm³/mol. The van der Waals surface area contributed by atoms with Gasteiger partial charge >= 0.3 is 0 Å². The standard InChI is InChI=1S/C19H21N5O5S2/c1-13-17(14(2)29-22-13)31(26,27)24-10-8-23(9-11-24)16(25)12-30-19-21-20-18(28-19)15-6-4-3-5-7-15/h3-7H,8-12H2,1-2H3. The van der Waals surface area contributed by atoms with Crippen molar-refractivity contribution in [1.82, 2.24) is 24.6 Å². The Hall–Kier alpha value is -2.70. The molecule has 4 rings (SSSR count). The monoisotopic (exact) mass is 463 g/mol. The molecule has 0 N–H and O–H groups in total. The van der Waals surface area contributed by atoms with Crippen molar-refractivity contribution >= 4 is 27.7 Å². The zero-order valence-corrected chi connectivity index (χ0v) is 18.6. The molecule has 0 spiro atoms. The molecule has 12 heteroatoms. The molecular formula is C19H21N5O5S2. The van der Waals surface area contributed by atoms with Gasteiger partial charge < -0.3 is 13.8 Å². The van der Waals surface area contributed by atoms with E-state index in [9.17, 15) is 13.2 Å². The lowest BCUT2D eigenvalue weighted by atomic mass is 10.2. The largest absolute Gasteiger partial charge is 0.411 e. The van der Waals surface area contributed by atoms with Crippen molar-refractivity contribution in [3.05, 3.63) is 41.8 Å². The van der Waals surface area contributed by atoms with Crippen molar-refractivity contribution in [2.75, 3.05) is 31.9 Å². The first kappa shape index (κ1) is 21.5. The highest BCUT2D eigenvalue weighted by atomic mass is 32.2. The van der Waals surface area contributed by atoms with Gasteiger partial charge in [-0.25, -0.2) is 8.42 Å². The van der Waals surface area contributed by atoms with Gasteiger partial charge in [-0.05, 0) is 26.0 Å². The van der Waals surface area contributed by atoms with Gasteiger partial charge in [0.15, 0.2) is 5.76 Å². The van der Waals surface area contributed by atoms with Crippen LogP contribution in [0.25, 0.3) is 11.5 Å². The van der Waals surface area contributed by atoms with Crippen molar-refractivity contribution in [1.29, 1.82) is 0 Å². The average Bonchev–Trinajstić information content (AvgIpc) is 3.39. The van der Waals surface area contributed by atoms with E-state index >= 15 is 0 Å². The van der Waals surface area contributed by atoms with Crippen molar-refractivity contribution < 1.29 is 22.2 Å². The van der Waals surface area contributed by atoms with Crippen LogP contribution >= 0.6 is 11.8 Å². The molecule has 2 aromatic heterocycles. The molecule has 3 aromatic rings. The lowest BCUT2D eigenvalue weighted by molar-refractivity contribution is -0.129. The molecule has 1 aliphatic heterocycles. The number of hydrogen-bond acceptors (Lipinski definition) is 9. The molecule has 0 aliphatic carbocycles. The highest BCUT2D eigenvalue weighted by Gasteiger charge is 2.34. The predicted octanol–water partition coefficient (Wildman–Crippen LogP) is 1.97. The number of sulfonamides is 1. The summed E-state index contributed by atoms with van der Waals surface area (Å²) in [4.78, 5) is 14.3. The number of nitrogens with zero attached hydrogens (tertiary/aromatic N) is 5. The first-order chi connectivity index (χ1) is 14.9. The summed E-state index contributed by atoms with van der Waals surface area (Å²) in [6.07, 6.45) is 0. The second-order valence-corrected chi connectivity index (χ2v) is 9.77. The minimum Gasteiger partial charge on any atom is -0.411 e. The van der Waals surface area contributed by atoms with Gasteiger partial charge in [0, 0.05) is 31.7 Å². The third-order valence-electron chi connectivity index (χ3n) is 4.90. The molecule has 0 radical (unpaired) electrons. The normalized spacial score (nSPS) is 15.4. The maximum absolute atomic E-state index is 12.9. The number of aromatic nitrogens is 3. The molecule has 1 fully saturated rings. The van der Waals surface area contributed by atoms with Gasteiger partial charge in [-0.15, -0.1) is 10.2 Å². The van der Waals surface area contributed by atoms with Crippen LogP contribution in [-0.4, -0.2) is 70.8 Å². The molecule has 0 bridgehead atoms. The van der Waals surface area contributed by atoms with Crippen LogP contribution in [0.1, 0.15) is 11.5 Å². The van der Waals surface area contributed by atoms with Gasteiger partial charge in [-0.2, -0.15) is 4.31 Å². The lowest BCUT2D eigenvalue weighted by Crippen LogP contribution is -2.51. The number of benzene rings is 1. The van der Waals surface area contributed by atoms with Crippen molar-refractivity contribution in [3.63, 3.8) is 0 Å². The number of thioether (sulfide) groups is 1. The summed E-state index contributed by atoms with van der Waals surface area (Å²) in [5, 5.41) is 12.0. The number of amides is 1. The van der Waals surface area contributed by atoms with Gasteiger partial charge in [-0.1, -0.05) is 35.1 Å². The SMILES string of the molecule is Cc1noc(C)c1S(=O)(=O)N1CCN(C(=O)CSc2nnc(-c3ccccc3)o2)CC1. The van der Waals surface area contributed by atoms with Crippen LogP contribution in [0.3, 0.4) is 0 Å². The number of rotatable bonds is 6. The molecule has 0 unspecified atom stereocenters. The van der Waals surface area contributed by atoms with Gasteiger partial charge in [0.05, 0.1) is 5.75 Å². The molecule has 1 amide bonds. The van der Waals surface area contributed by atoms with Crippen molar-refractivity contribution in [3.8, 4) is 11.5 Å². The van der Waals surface area contributed by atoms with E-state index in [2.05, 4.69) is 15.4 Å². The fraction of sp³-hybridized carbons (Fsp3) is 0.368. The van der Waals surface area contributed by atoms with Crippen LogP contribution in [0.5, 0.6) is 0 Å². The topological polar surface area (TPSA) is 123 Å². The minimum atomic E-state index is -3.71. The summed E-state index contributed by atoms with van der Waals surface area (Å²) < 4.78 is 37.7. The summed E-state index contributed by atoms with van der Waals surface area (Å²) in [6.45, 7) is 4.21. The lowest BCUT2D eigenvalue weighted by Gasteiger charge is -2.33. The average molecular weight is 464 g/mol. The molecule has 1 aromatic carbocycles. The quantitative estimate of drug-likeness (QED) is 0.505. The third kappa shape index (κ3) is 4.50. The fourth-order valence-electron chi connectivity index (χ4n) is 3.33. The molecule has 0 saturated carbocycles. The maximum Gasteiger partial charge on any atom is 0.277 e. The van der Waals surface area contributed by atoms with E-state index in [1.165, 1.54) is 4.31 Å². The van der Waals surface area contributed by atoms with Crippen LogP contribution in [0.15, 0.2) is 49.4 Å². The zero-order chi connectivity index (χ0) is 22.0. The van der Waals surface area contributed by atoms with Crippen molar-refractivity contribution in [2.24, 2.45) is 0 Å². The van der Waals surface area contributed by atoms with Crippen LogP contribution in [0.4, 0.5) is 0 Å². The molecule has 10 nitrogen and oxygen atoms in total. The molecule has 0 atom stereocenters. The van der Waals surface area contributed by atoms with Crippen molar-refractivity contribution in [2.45, 2.75) is 24.0 Å². The third-order valence-corrected chi connectivity index (χ3v) is 7.85. The minimum absolute atomic E-state index is 0.105. The first-order valence-corrected chi connectivity index (χ1v) is 12.0. The Morgan fingerprint density at radius 1 is 1.10 bits per heavy atom. The molecule has 3 heterocycles. The number of carbonyl (C=O) groups excluding carboxylic acids is 1. The van der Waals surface area contributed by atoms with Gasteiger partial charge in [-0.3, -0.25) is 4.79 Å². The summed E-state index contributed by atoms with van der Waals surface area (Å²) in [5.74, 6) is 0.682.